The molecule has 15 heavy (non-hydrogen) atoms. The second-order valence-corrected chi connectivity index (χ2v) is 5.04. The van der Waals surface area contributed by atoms with Gasteiger partial charge in [0.25, 0.3) is 0 Å². The lowest BCUT2D eigenvalue weighted by Gasteiger charge is -2.11. The molecule has 0 atom stereocenters. The number of benzene rings is 1. The molecular formula is C11H13ClN2S. The second kappa shape index (κ2) is 4.45. The molecule has 2 nitrogen and oxygen atoms in total. The summed E-state index contributed by atoms with van der Waals surface area (Å²) in [6.07, 6.45) is 0. The van der Waals surface area contributed by atoms with E-state index in [4.69, 9.17) is 11.6 Å². The van der Waals surface area contributed by atoms with Crippen LogP contribution in [-0.2, 0) is 0 Å². The molecule has 80 valence electrons. The van der Waals surface area contributed by atoms with Gasteiger partial charge in [0.05, 0.1) is 10.7 Å². The zero-order valence-corrected chi connectivity index (χ0v) is 10.4. The minimum absolute atomic E-state index is 0.725. The van der Waals surface area contributed by atoms with Gasteiger partial charge in [-0.1, -0.05) is 35.5 Å². The minimum atomic E-state index is 0.725. The maximum absolute atomic E-state index is 6.12. The SMILES string of the molecule is Cc1cccc(Cl)c1N=C1SCCN1C. The number of hydrogen-bond acceptors (Lipinski definition) is 2. The van der Waals surface area contributed by atoms with Crippen LogP contribution in [-0.4, -0.2) is 29.4 Å². The Balaban J connectivity index is 2.38. The molecule has 0 saturated carbocycles. The van der Waals surface area contributed by atoms with E-state index in [0.717, 1.165) is 33.7 Å². The monoisotopic (exact) mass is 240 g/mol. The normalized spacial score (nSPS) is 18.9. The molecule has 1 aromatic rings. The summed E-state index contributed by atoms with van der Waals surface area (Å²) in [6, 6.07) is 5.87. The standard InChI is InChI=1S/C11H13ClN2S/c1-8-4-3-5-9(12)10(8)13-11-14(2)6-7-15-11/h3-5H,6-7H2,1-2H3. The smallest absolute Gasteiger partial charge is 0.164 e. The number of para-hydroxylation sites is 1. The van der Waals surface area contributed by atoms with Crippen molar-refractivity contribution in [2.75, 3.05) is 19.3 Å². The van der Waals surface area contributed by atoms with Crippen molar-refractivity contribution in [1.82, 2.24) is 4.90 Å². The Bertz CT molecular complexity index is 383. The Morgan fingerprint density at radius 2 is 2.27 bits per heavy atom. The molecule has 1 aliphatic rings. The third-order valence-corrected chi connectivity index (χ3v) is 3.73. The zero-order valence-electron chi connectivity index (χ0n) is 8.83. The molecule has 1 heterocycles. The van der Waals surface area contributed by atoms with Crippen molar-refractivity contribution in [3.63, 3.8) is 0 Å². The van der Waals surface area contributed by atoms with E-state index >= 15 is 0 Å². The predicted molar refractivity (Wildman–Crippen MR) is 68.4 cm³/mol. The highest BCUT2D eigenvalue weighted by Gasteiger charge is 2.15. The van der Waals surface area contributed by atoms with E-state index in [9.17, 15) is 0 Å². The number of amidine groups is 1. The van der Waals surface area contributed by atoms with Crippen LogP contribution in [0.5, 0.6) is 0 Å². The second-order valence-electron chi connectivity index (χ2n) is 3.57. The van der Waals surface area contributed by atoms with Gasteiger partial charge in [0.2, 0.25) is 0 Å². The molecule has 1 saturated heterocycles. The molecule has 2 rings (SSSR count). The summed E-state index contributed by atoms with van der Waals surface area (Å²) < 4.78 is 0. The van der Waals surface area contributed by atoms with Crippen LogP contribution < -0.4 is 0 Å². The number of rotatable bonds is 1. The first-order chi connectivity index (χ1) is 7.18. The topological polar surface area (TPSA) is 15.6 Å². The van der Waals surface area contributed by atoms with Gasteiger partial charge in [0, 0.05) is 19.3 Å². The van der Waals surface area contributed by atoms with E-state index in [0.29, 0.717) is 0 Å². The lowest BCUT2D eigenvalue weighted by molar-refractivity contribution is 0.563. The van der Waals surface area contributed by atoms with Gasteiger partial charge in [-0.25, -0.2) is 4.99 Å². The van der Waals surface area contributed by atoms with Crippen LogP contribution in [0.25, 0.3) is 0 Å². The number of halogens is 1. The van der Waals surface area contributed by atoms with Gasteiger partial charge >= 0.3 is 0 Å². The molecule has 1 aliphatic heterocycles. The average Bonchev–Trinajstić information content (AvgIpc) is 2.58. The predicted octanol–water partition coefficient (Wildman–Crippen LogP) is 3.31. The summed E-state index contributed by atoms with van der Waals surface area (Å²) in [6.45, 7) is 3.10. The first-order valence-corrected chi connectivity index (χ1v) is 6.22. The summed E-state index contributed by atoms with van der Waals surface area (Å²) >= 11 is 7.90. The number of nitrogens with zero attached hydrogens (tertiary/aromatic N) is 2. The summed E-state index contributed by atoms with van der Waals surface area (Å²) in [5, 5.41) is 1.79. The maximum atomic E-state index is 6.12. The van der Waals surface area contributed by atoms with Gasteiger partial charge in [0.15, 0.2) is 5.17 Å². The van der Waals surface area contributed by atoms with Crippen LogP contribution in [0, 0.1) is 6.92 Å². The molecule has 1 aromatic carbocycles. The summed E-state index contributed by atoms with van der Waals surface area (Å²) in [4.78, 5) is 6.77. The van der Waals surface area contributed by atoms with Crippen LogP contribution in [0.4, 0.5) is 5.69 Å². The number of aliphatic imine (C=N–C) groups is 1. The highest BCUT2D eigenvalue weighted by molar-refractivity contribution is 8.14. The highest BCUT2D eigenvalue weighted by atomic mass is 35.5. The van der Waals surface area contributed by atoms with Gasteiger partial charge in [0.1, 0.15) is 0 Å². The molecule has 0 aliphatic carbocycles. The molecule has 4 heteroatoms. The molecule has 1 fully saturated rings. The number of aryl methyl sites for hydroxylation is 1. The largest absolute Gasteiger partial charge is 0.353 e. The maximum Gasteiger partial charge on any atom is 0.164 e. The van der Waals surface area contributed by atoms with Crippen molar-refractivity contribution in [2.45, 2.75) is 6.92 Å². The van der Waals surface area contributed by atoms with Gasteiger partial charge in [-0.2, -0.15) is 0 Å². The minimum Gasteiger partial charge on any atom is -0.353 e. The Morgan fingerprint density at radius 3 is 2.87 bits per heavy atom. The fourth-order valence-electron chi connectivity index (χ4n) is 1.46. The lowest BCUT2D eigenvalue weighted by Crippen LogP contribution is -2.17. The van der Waals surface area contributed by atoms with E-state index in [1.165, 1.54) is 0 Å². The molecule has 0 N–H and O–H groups in total. The van der Waals surface area contributed by atoms with Crippen molar-refractivity contribution < 1.29 is 0 Å². The van der Waals surface area contributed by atoms with Crippen molar-refractivity contribution in [3.05, 3.63) is 28.8 Å². The first kappa shape index (κ1) is 10.8. The summed E-state index contributed by atoms with van der Waals surface area (Å²) in [7, 11) is 2.06. The molecule has 0 spiro atoms. The lowest BCUT2D eigenvalue weighted by atomic mass is 10.2. The fraction of sp³-hybridized carbons (Fsp3) is 0.364. The Morgan fingerprint density at radius 1 is 1.47 bits per heavy atom. The zero-order chi connectivity index (χ0) is 10.8. The van der Waals surface area contributed by atoms with E-state index in [-0.39, 0.29) is 0 Å². The molecule has 0 amide bonds. The third-order valence-electron chi connectivity index (χ3n) is 2.38. The van der Waals surface area contributed by atoms with Crippen LogP contribution in [0.1, 0.15) is 5.56 Å². The van der Waals surface area contributed by atoms with Gasteiger partial charge in [-0.15, -0.1) is 0 Å². The van der Waals surface area contributed by atoms with Gasteiger partial charge < -0.3 is 4.90 Å². The van der Waals surface area contributed by atoms with E-state index in [2.05, 4.69) is 16.9 Å². The Hall–Kier alpha value is -0.670. The quantitative estimate of drug-likeness (QED) is 0.749. The average molecular weight is 241 g/mol. The molecule has 0 aromatic heterocycles. The molecular weight excluding hydrogens is 228 g/mol. The van der Waals surface area contributed by atoms with Crippen LogP contribution in [0.3, 0.4) is 0 Å². The van der Waals surface area contributed by atoms with Gasteiger partial charge in [-0.3, -0.25) is 0 Å². The Kier molecular flexibility index (Phi) is 3.22. The van der Waals surface area contributed by atoms with Crippen LogP contribution >= 0.6 is 23.4 Å². The molecule has 0 radical (unpaired) electrons. The van der Waals surface area contributed by atoms with E-state index in [1.54, 1.807) is 11.8 Å². The van der Waals surface area contributed by atoms with E-state index in [1.807, 2.05) is 25.1 Å². The van der Waals surface area contributed by atoms with Crippen LogP contribution in [0.2, 0.25) is 5.02 Å². The molecule has 0 bridgehead atoms. The highest BCUT2D eigenvalue weighted by Crippen LogP contribution is 2.30. The Labute approximate surface area is 99.3 Å². The fourth-order valence-corrected chi connectivity index (χ4v) is 2.74. The number of thioether (sulfide) groups is 1. The van der Waals surface area contributed by atoms with Crippen molar-refractivity contribution >= 4 is 34.2 Å². The van der Waals surface area contributed by atoms with Crippen LogP contribution in [0.15, 0.2) is 23.2 Å². The number of hydrogen-bond donors (Lipinski definition) is 0. The van der Waals surface area contributed by atoms with E-state index < -0.39 is 0 Å². The third kappa shape index (κ3) is 2.29. The first-order valence-electron chi connectivity index (χ1n) is 4.86. The summed E-state index contributed by atoms with van der Waals surface area (Å²) in [5.74, 6) is 1.11. The van der Waals surface area contributed by atoms with Crippen molar-refractivity contribution in [3.8, 4) is 0 Å². The molecule has 0 unspecified atom stereocenters. The van der Waals surface area contributed by atoms with Gasteiger partial charge in [-0.05, 0) is 18.6 Å². The summed E-state index contributed by atoms with van der Waals surface area (Å²) in [5.41, 5.74) is 2.02. The van der Waals surface area contributed by atoms with Crippen molar-refractivity contribution in [1.29, 1.82) is 0 Å². The van der Waals surface area contributed by atoms with Crippen molar-refractivity contribution in [2.24, 2.45) is 4.99 Å².